The molecule has 11 heteroatoms. The first-order chi connectivity index (χ1) is 19.4. The van der Waals surface area contributed by atoms with E-state index in [2.05, 4.69) is 21.2 Å². The number of nitrogens with one attached hydrogen (secondary N) is 1. The van der Waals surface area contributed by atoms with Gasteiger partial charge in [0.2, 0.25) is 11.8 Å². The number of hydrogen-bond donors (Lipinski definition) is 1. The van der Waals surface area contributed by atoms with Gasteiger partial charge >= 0.3 is 0 Å². The Bertz CT molecular complexity index is 1480. The molecule has 0 radical (unpaired) electrons. The number of rotatable bonds is 12. The summed E-state index contributed by atoms with van der Waals surface area (Å²) in [6.07, 6.45) is 0. The number of halogens is 1. The van der Waals surface area contributed by atoms with Crippen molar-refractivity contribution < 1.29 is 27.5 Å². The molecule has 0 aliphatic rings. The Labute approximate surface area is 250 Å². The van der Waals surface area contributed by atoms with Crippen LogP contribution in [0.3, 0.4) is 0 Å². The maximum absolute atomic E-state index is 14.0. The maximum atomic E-state index is 14.0. The summed E-state index contributed by atoms with van der Waals surface area (Å²) < 4.78 is 40.6. The molecule has 2 amide bonds. The van der Waals surface area contributed by atoms with E-state index >= 15 is 0 Å². The van der Waals surface area contributed by atoms with Crippen LogP contribution in [0, 0.1) is 6.92 Å². The van der Waals surface area contributed by atoms with E-state index in [1.807, 2.05) is 45.0 Å². The van der Waals surface area contributed by atoms with E-state index in [0.717, 1.165) is 19.9 Å². The molecule has 0 aliphatic carbocycles. The van der Waals surface area contributed by atoms with E-state index in [1.165, 1.54) is 37.3 Å². The topological polar surface area (TPSA) is 105 Å². The lowest BCUT2D eigenvalue weighted by Gasteiger charge is -2.32. The highest BCUT2D eigenvalue weighted by Crippen LogP contribution is 2.34. The Morgan fingerprint density at radius 1 is 0.927 bits per heavy atom. The molecule has 3 aromatic carbocycles. The molecule has 9 nitrogen and oxygen atoms in total. The van der Waals surface area contributed by atoms with Crippen molar-refractivity contribution in [1.82, 2.24) is 10.2 Å². The van der Waals surface area contributed by atoms with Gasteiger partial charge in [-0.1, -0.05) is 45.8 Å². The number of benzene rings is 3. The number of aryl methyl sites for hydroxylation is 1. The van der Waals surface area contributed by atoms with Crippen molar-refractivity contribution in [3.8, 4) is 11.5 Å². The lowest BCUT2D eigenvalue weighted by atomic mass is 10.1. The second-order valence-electron chi connectivity index (χ2n) is 9.85. The average molecular weight is 647 g/mol. The third-order valence-corrected chi connectivity index (χ3v) is 8.66. The summed E-state index contributed by atoms with van der Waals surface area (Å²) in [4.78, 5) is 28.5. The number of amides is 2. The van der Waals surface area contributed by atoms with Gasteiger partial charge in [-0.25, -0.2) is 8.42 Å². The van der Waals surface area contributed by atoms with E-state index < -0.39 is 28.5 Å². The van der Waals surface area contributed by atoms with E-state index in [1.54, 1.807) is 31.2 Å². The molecular weight excluding hydrogens is 610 g/mol. The van der Waals surface area contributed by atoms with Crippen LogP contribution < -0.4 is 19.1 Å². The molecule has 0 aromatic heterocycles. The van der Waals surface area contributed by atoms with Gasteiger partial charge in [-0.05, 0) is 69.7 Å². The van der Waals surface area contributed by atoms with Gasteiger partial charge < -0.3 is 19.7 Å². The molecule has 0 heterocycles. The molecule has 220 valence electrons. The number of carbonyl (C=O) groups is 2. The molecular formula is C30H36BrN3O6S. The van der Waals surface area contributed by atoms with Crippen LogP contribution >= 0.6 is 15.9 Å². The van der Waals surface area contributed by atoms with Gasteiger partial charge in [0, 0.05) is 23.1 Å². The first-order valence-electron chi connectivity index (χ1n) is 13.0. The van der Waals surface area contributed by atoms with Gasteiger partial charge in [0.1, 0.15) is 12.6 Å². The predicted octanol–water partition coefficient (Wildman–Crippen LogP) is 4.91. The van der Waals surface area contributed by atoms with Crippen molar-refractivity contribution in [2.45, 2.75) is 51.2 Å². The number of sulfonamides is 1. The Balaban J connectivity index is 2.09. The second-order valence-corrected chi connectivity index (χ2v) is 12.6. The van der Waals surface area contributed by atoms with Gasteiger partial charge in [0.05, 0.1) is 24.8 Å². The van der Waals surface area contributed by atoms with E-state index in [4.69, 9.17) is 9.47 Å². The smallest absolute Gasteiger partial charge is 0.264 e. The molecule has 41 heavy (non-hydrogen) atoms. The first-order valence-corrected chi connectivity index (χ1v) is 15.3. The van der Waals surface area contributed by atoms with Crippen molar-refractivity contribution in [2.75, 3.05) is 25.1 Å². The van der Waals surface area contributed by atoms with Gasteiger partial charge in [-0.3, -0.25) is 13.9 Å². The minimum absolute atomic E-state index is 0.0230. The molecule has 1 N–H and O–H groups in total. The number of anilines is 1. The fourth-order valence-electron chi connectivity index (χ4n) is 4.17. The Morgan fingerprint density at radius 2 is 1.59 bits per heavy atom. The molecule has 0 saturated carbocycles. The molecule has 0 bridgehead atoms. The number of hydrogen-bond acceptors (Lipinski definition) is 6. The zero-order chi connectivity index (χ0) is 30.3. The minimum atomic E-state index is -4.21. The van der Waals surface area contributed by atoms with E-state index in [9.17, 15) is 18.0 Å². The van der Waals surface area contributed by atoms with Crippen LogP contribution in [0.2, 0.25) is 0 Å². The number of carbonyl (C=O) groups excluding carboxylic acids is 2. The third-order valence-electron chi connectivity index (χ3n) is 6.38. The maximum Gasteiger partial charge on any atom is 0.264 e. The lowest BCUT2D eigenvalue weighted by Crippen LogP contribution is -2.52. The van der Waals surface area contributed by atoms with Crippen LogP contribution in [0.5, 0.6) is 11.5 Å². The summed E-state index contributed by atoms with van der Waals surface area (Å²) in [6, 6.07) is 17.4. The fraction of sp³-hybridized carbons (Fsp3) is 0.333. The van der Waals surface area contributed by atoms with Crippen LogP contribution in [0.25, 0.3) is 0 Å². The summed E-state index contributed by atoms with van der Waals surface area (Å²) in [5, 5.41) is 2.84. The molecule has 3 rings (SSSR count). The first kappa shape index (κ1) is 32.0. The third kappa shape index (κ3) is 8.01. The summed E-state index contributed by atoms with van der Waals surface area (Å²) in [7, 11) is -1.28. The van der Waals surface area contributed by atoms with Crippen LogP contribution in [-0.4, -0.2) is 58.0 Å². The van der Waals surface area contributed by atoms with Crippen LogP contribution in [0.4, 0.5) is 5.69 Å². The number of methoxy groups -OCH3 is 2. The van der Waals surface area contributed by atoms with Gasteiger partial charge in [-0.2, -0.15) is 0 Å². The summed E-state index contributed by atoms with van der Waals surface area (Å²) in [5.74, 6) is -0.188. The molecule has 1 atom stereocenters. The monoisotopic (exact) mass is 645 g/mol. The second kappa shape index (κ2) is 13.9. The normalized spacial score (nSPS) is 12.0. The lowest BCUT2D eigenvalue weighted by molar-refractivity contribution is -0.139. The Morgan fingerprint density at radius 3 is 2.17 bits per heavy atom. The van der Waals surface area contributed by atoms with Crippen molar-refractivity contribution in [2.24, 2.45) is 0 Å². The largest absolute Gasteiger partial charge is 0.493 e. The van der Waals surface area contributed by atoms with Crippen molar-refractivity contribution in [3.05, 3.63) is 82.3 Å². The van der Waals surface area contributed by atoms with Crippen LogP contribution in [-0.2, 0) is 26.2 Å². The predicted molar refractivity (Wildman–Crippen MR) is 163 cm³/mol. The standard InChI is InChI=1S/C30H36BrN3O6S/c1-20(2)32-30(36)22(4)33(18-23-8-7-9-24(31)16-23)29(35)19-34(25-12-15-27(39-5)28(17-25)40-6)41(37,38)26-13-10-21(3)11-14-26/h7-17,20,22H,18-19H2,1-6H3,(H,32,36)/t22-/m0/s1. The zero-order valence-corrected chi connectivity index (χ0v) is 26.5. The van der Waals surface area contributed by atoms with E-state index in [0.29, 0.717) is 11.5 Å². The Hall–Kier alpha value is -3.57. The minimum Gasteiger partial charge on any atom is -0.493 e. The molecule has 0 aliphatic heterocycles. The van der Waals surface area contributed by atoms with Crippen LogP contribution in [0.1, 0.15) is 31.9 Å². The van der Waals surface area contributed by atoms with E-state index in [-0.39, 0.29) is 29.1 Å². The Kier molecular flexibility index (Phi) is 10.8. The van der Waals surface area contributed by atoms with Crippen molar-refractivity contribution in [3.63, 3.8) is 0 Å². The quantitative estimate of drug-likeness (QED) is 0.300. The fourth-order valence-corrected chi connectivity index (χ4v) is 6.02. The van der Waals surface area contributed by atoms with Crippen molar-refractivity contribution in [1.29, 1.82) is 0 Å². The van der Waals surface area contributed by atoms with Gasteiger partial charge in [0.25, 0.3) is 10.0 Å². The molecule has 3 aromatic rings. The highest BCUT2D eigenvalue weighted by molar-refractivity contribution is 9.10. The summed E-state index contributed by atoms with van der Waals surface area (Å²) in [6.45, 7) is 6.68. The zero-order valence-electron chi connectivity index (χ0n) is 24.0. The molecule has 0 spiro atoms. The SMILES string of the molecule is COc1ccc(N(CC(=O)N(Cc2cccc(Br)c2)[C@@H](C)C(=O)NC(C)C)S(=O)(=O)c2ccc(C)cc2)cc1OC. The molecule has 0 saturated heterocycles. The van der Waals surface area contributed by atoms with Gasteiger partial charge in [0.15, 0.2) is 11.5 Å². The highest BCUT2D eigenvalue weighted by atomic mass is 79.9. The average Bonchev–Trinajstić information content (AvgIpc) is 2.93. The molecule has 0 unspecified atom stereocenters. The number of ether oxygens (including phenoxy) is 2. The van der Waals surface area contributed by atoms with Crippen molar-refractivity contribution >= 4 is 43.5 Å². The molecule has 0 fully saturated rings. The van der Waals surface area contributed by atoms with Crippen LogP contribution in [0.15, 0.2) is 76.1 Å². The number of nitrogens with zero attached hydrogens (tertiary/aromatic N) is 2. The summed E-state index contributed by atoms with van der Waals surface area (Å²) >= 11 is 3.45. The highest BCUT2D eigenvalue weighted by Gasteiger charge is 2.33. The van der Waals surface area contributed by atoms with Gasteiger partial charge in [-0.15, -0.1) is 0 Å². The summed E-state index contributed by atoms with van der Waals surface area (Å²) in [5.41, 5.74) is 1.87.